The monoisotopic (exact) mass is 394 g/mol. The van der Waals surface area contributed by atoms with Crippen molar-refractivity contribution in [3.63, 3.8) is 0 Å². The topological polar surface area (TPSA) is 70.1 Å². The number of Topliss-reactive ketones (excluding diaryl/α,β-unsaturated/α-hetero) is 1. The summed E-state index contributed by atoms with van der Waals surface area (Å²) in [6, 6.07) is 13.8. The summed E-state index contributed by atoms with van der Waals surface area (Å²) in [4.78, 5) is 29.2. The van der Waals surface area contributed by atoms with Crippen LogP contribution in [0.1, 0.15) is 22.7 Å². The van der Waals surface area contributed by atoms with Crippen molar-refractivity contribution in [2.24, 2.45) is 0 Å². The fourth-order valence-corrected chi connectivity index (χ4v) is 3.44. The Bertz CT molecular complexity index is 948. The molecule has 0 aliphatic carbocycles. The zero-order valence-corrected chi connectivity index (χ0v) is 17.2. The molecule has 29 heavy (non-hydrogen) atoms. The second kappa shape index (κ2) is 8.49. The zero-order valence-electron chi connectivity index (χ0n) is 17.2. The van der Waals surface area contributed by atoms with E-state index in [1.54, 1.807) is 31.4 Å². The summed E-state index contributed by atoms with van der Waals surface area (Å²) >= 11 is 0. The number of nitrogens with zero attached hydrogens (tertiary/aromatic N) is 2. The Morgan fingerprint density at radius 1 is 1.14 bits per heavy atom. The molecule has 1 fully saturated rings. The van der Waals surface area contributed by atoms with Crippen LogP contribution in [0.15, 0.2) is 54.1 Å². The molecule has 0 bridgehead atoms. The van der Waals surface area contributed by atoms with Crippen LogP contribution < -0.4 is 4.74 Å². The van der Waals surface area contributed by atoms with Gasteiger partial charge in [0.05, 0.1) is 18.7 Å². The van der Waals surface area contributed by atoms with E-state index in [9.17, 15) is 14.7 Å². The Labute approximate surface area is 171 Å². The predicted molar refractivity (Wildman–Crippen MR) is 112 cm³/mol. The number of rotatable bonds is 6. The molecule has 0 spiro atoms. The number of aliphatic hydroxyl groups is 1. The molecule has 1 saturated heterocycles. The van der Waals surface area contributed by atoms with Gasteiger partial charge < -0.3 is 19.6 Å². The summed E-state index contributed by atoms with van der Waals surface area (Å²) in [5, 5.41) is 11.0. The number of aryl methyl sites for hydroxylation is 1. The van der Waals surface area contributed by atoms with E-state index in [0.29, 0.717) is 24.4 Å². The summed E-state index contributed by atoms with van der Waals surface area (Å²) in [7, 11) is 5.38. The van der Waals surface area contributed by atoms with Gasteiger partial charge in [0.2, 0.25) is 0 Å². The van der Waals surface area contributed by atoms with Gasteiger partial charge in [-0.15, -0.1) is 0 Å². The summed E-state index contributed by atoms with van der Waals surface area (Å²) in [6.45, 7) is 2.91. The van der Waals surface area contributed by atoms with Gasteiger partial charge in [0.15, 0.2) is 0 Å². The molecule has 152 valence electrons. The van der Waals surface area contributed by atoms with Crippen LogP contribution in [0.25, 0.3) is 5.76 Å². The van der Waals surface area contributed by atoms with E-state index in [1.807, 2.05) is 50.2 Å². The standard InChI is InChI=1S/C23H26N2O4/c1-15-8-10-16(11-9-15)21(26)19-20(17-6-5-7-18(14-17)29-4)25(13-12-24(2)3)23(28)22(19)27/h5-11,14,20,26H,12-13H2,1-4H3. The number of likely N-dealkylation sites (N-methyl/N-ethyl adjacent to an activating group) is 1. The number of carbonyl (C=O) groups is 2. The third-order valence-electron chi connectivity index (χ3n) is 5.06. The number of ketones is 1. The lowest BCUT2D eigenvalue weighted by Crippen LogP contribution is -2.35. The van der Waals surface area contributed by atoms with Crippen molar-refractivity contribution >= 4 is 17.4 Å². The third-order valence-corrected chi connectivity index (χ3v) is 5.06. The smallest absolute Gasteiger partial charge is 0.295 e. The van der Waals surface area contributed by atoms with Crippen molar-refractivity contribution in [3.8, 4) is 5.75 Å². The zero-order chi connectivity index (χ0) is 21.1. The van der Waals surface area contributed by atoms with Gasteiger partial charge in [0.25, 0.3) is 11.7 Å². The average molecular weight is 394 g/mol. The molecular formula is C23H26N2O4. The fourth-order valence-electron chi connectivity index (χ4n) is 3.44. The number of carbonyl (C=O) groups excluding carboxylic acids is 2. The quantitative estimate of drug-likeness (QED) is 0.463. The van der Waals surface area contributed by atoms with Gasteiger partial charge in [-0.2, -0.15) is 0 Å². The maximum atomic E-state index is 12.9. The molecule has 6 heteroatoms. The molecule has 1 heterocycles. The van der Waals surface area contributed by atoms with Gasteiger partial charge >= 0.3 is 0 Å². The Hall–Kier alpha value is -3.12. The number of amides is 1. The molecule has 1 aliphatic heterocycles. The van der Waals surface area contributed by atoms with Crippen LogP contribution in [-0.4, -0.2) is 60.9 Å². The maximum Gasteiger partial charge on any atom is 0.295 e. The van der Waals surface area contributed by atoms with Gasteiger partial charge in [-0.25, -0.2) is 0 Å². The normalized spacial score (nSPS) is 18.5. The molecule has 1 atom stereocenters. The molecule has 1 aliphatic rings. The lowest BCUT2D eigenvalue weighted by Gasteiger charge is -2.26. The average Bonchev–Trinajstić information content (AvgIpc) is 2.97. The van der Waals surface area contributed by atoms with Crippen LogP contribution in [-0.2, 0) is 9.59 Å². The number of methoxy groups -OCH3 is 1. The Morgan fingerprint density at radius 2 is 1.83 bits per heavy atom. The first-order valence-corrected chi connectivity index (χ1v) is 9.47. The number of hydrogen-bond acceptors (Lipinski definition) is 5. The number of likely N-dealkylation sites (tertiary alicyclic amines) is 1. The van der Waals surface area contributed by atoms with Crippen LogP contribution in [0.3, 0.4) is 0 Å². The van der Waals surface area contributed by atoms with Gasteiger partial charge in [-0.1, -0.05) is 42.0 Å². The van der Waals surface area contributed by atoms with Crippen molar-refractivity contribution in [1.82, 2.24) is 9.80 Å². The fraction of sp³-hybridized carbons (Fsp3) is 0.304. The Kier molecular flexibility index (Phi) is 6.03. The minimum absolute atomic E-state index is 0.103. The molecule has 0 saturated carbocycles. The molecule has 0 aromatic heterocycles. The molecule has 1 N–H and O–H groups in total. The third kappa shape index (κ3) is 4.17. The highest BCUT2D eigenvalue weighted by molar-refractivity contribution is 6.46. The van der Waals surface area contributed by atoms with Crippen molar-refractivity contribution in [3.05, 3.63) is 70.8 Å². The van der Waals surface area contributed by atoms with Crippen molar-refractivity contribution in [2.75, 3.05) is 34.3 Å². The van der Waals surface area contributed by atoms with Crippen LogP contribution >= 0.6 is 0 Å². The van der Waals surface area contributed by atoms with Crippen LogP contribution in [0.5, 0.6) is 5.75 Å². The molecule has 1 amide bonds. The Balaban J connectivity index is 2.15. The van der Waals surface area contributed by atoms with Crippen LogP contribution in [0.2, 0.25) is 0 Å². The van der Waals surface area contributed by atoms with Crippen molar-refractivity contribution < 1.29 is 19.4 Å². The first-order valence-electron chi connectivity index (χ1n) is 9.47. The first-order chi connectivity index (χ1) is 13.8. The largest absolute Gasteiger partial charge is 0.507 e. The van der Waals surface area contributed by atoms with Crippen LogP contribution in [0.4, 0.5) is 0 Å². The van der Waals surface area contributed by atoms with Gasteiger partial charge in [-0.3, -0.25) is 9.59 Å². The SMILES string of the molecule is COc1cccc(C2C(=C(O)c3ccc(C)cc3)C(=O)C(=O)N2CCN(C)C)c1. The summed E-state index contributed by atoms with van der Waals surface area (Å²) in [5.74, 6) is -0.817. The second-order valence-corrected chi connectivity index (χ2v) is 7.44. The van der Waals surface area contributed by atoms with E-state index >= 15 is 0 Å². The molecule has 2 aromatic rings. The van der Waals surface area contributed by atoms with Gasteiger partial charge in [0.1, 0.15) is 11.5 Å². The molecule has 6 nitrogen and oxygen atoms in total. The minimum Gasteiger partial charge on any atom is -0.507 e. The van der Waals surface area contributed by atoms with Crippen LogP contribution in [0, 0.1) is 6.92 Å². The molecule has 1 unspecified atom stereocenters. The first kappa shape index (κ1) is 20.6. The number of ether oxygens (including phenoxy) is 1. The lowest BCUT2D eigenvalue weighted by atomic mass is 9.95. The lowest BCUT2D eigenvalue weighted by molar-refractivity contribution is -0.140. The summed E-state index contributed by atoms with van der Waals surface area (Å²) < 4.78 is 5.32. The molecule has 3 rings (SSSR count). The molecular weight excluding hydrogens is 368 g/mol. The molecule has 2 aromatic carbocycles. The van der Waals surface area contributed by atoms with Crippen molar-refractivity contribution in [1.29, 1.82) is 0 Å². The highest BCUT2D eigenvalue weighted by atomic mass is 16.5. The second-order valence-electron chi connectivity index (χ2n) is 7.44. The van der Waals surface area contributed by atoms with E-state index in [0.717, 1.165) is 11.1 Å². The summed E-state index contributed by atoms with van der Waals surface area (Å²) in [5.41, 5.74) is 2.37. The van der Waals surface area contributed by atoms with Gasteiger partial charge in [-0.05, 0) is 38.7 Å². The Morgan fingerprint density at radius 3 is 2.45 bits per heavy atom. The summed E-state index contributed by atoms with van der Waals surface area (Å²) in [6.07, 6.45) is 0. The van der Waals surface area contributed by atoms with E-state index < -0.39 is 17.7 Å². The number of aliphatic hydroxyl groups excluding tert-OH is 1. The maximum absolute atomic E-state index is 12.9. The number of hydrogen-bond donors (Lipinski definition) is 1. The highest BCUT2D eigenvalue weighted by Gasteiger charge is 2.45. The van der Waals surface area contributed by atoms with Crippen molar-refractivity contribution in [2.45, 2.75) is 13.0 Å². The predicted octanol–water partition coefficient (Wildman–Crippen LogP) is 2.99. The number of benzene rings is 2. The van der Waals surface area contributed by atoms with E-state index in [1.165, 1.54) is 4.90 Å². The molecule has 0 radical (unpaired) electrons. The van der Waals surface area contributed by atoms with E-state index in [2.05, 4.69) is 0 Å². The van der Waals surface area contributed by atoms with Gasteiger partial charge in [0, 0.05) is 18.7 Å². The van der Waals surface area contributed by atoms with E-state index in [4.69, 9.17) is 4.74 Å². The van der Waals surface area contributed by atoms with E-state index in [-0.39, 0.29) is 11.3 Å². The minimum atomic E-state index is -0.675. The highest BCUT2D eigenvalue weighted by Crippen LogP contribution is 2.40.